The SMILES string of the molecule is CCc1ccccc1NC(=O)c1ccc(NCCN(C)C)cn1. The van der Waals surface area contributed by atoms with Crippen molar-refractivity contribution >= 4 is 17.3 Å². The molecule has 5 heteroatoms. The maximum Gasteiger partial charge on any atom is 0.274 e. The molecule has 1 aromatic carbocycles. The first kappa shape index (κ1) is 17.0. The molecular formula is C18H24N4O. The summed E-state index contributed by atoms with van der Waals surface area (Å²) in [6.07, 6.45) is 2.56. The van der Waals surface area contributed by atoms with Crippen LogP contribution in [0.3, 0.4) is 0 Å². The molecule has 2 aromatic rings. The van der Waals surface area contributed by atoms with Crippen LogP contribution in [0.4, 0.5) is 11.4 Å². The van der Waals surface area contributed by atoms with Crippen molar-refractivity contribution in [3.8, 4) is 0 Å². The number of carbonyl (C=O) groups is 1. The summed E-state index contributed by atoms with van der Waals surface area (Å²) in [7, 11) is 4.06. The van der Waals surface area contributed by atoms with Crippen molar-refractivity contribution in [2.75, 3.05) is 37.8 Å². The Morgan fingerprint density at radius 2 is 1.96 bits per heavy atom. The van der Waals surface area contributed by atoms with Gasteiger partial charge in [-0.15, -0.1) is 0 Å². The maximum absolute atomic E-state index is 12.3. The Balaban J connectivity index is 1.97. The fraction of sp³-hybridized carbons (Fsp3) is 0.333. The van der Waals surface area contributed by atoms with Crippen molar-refractivity contribution in [2.45, 2.75) is 13.3 Å². The molecule has 0 radical (unpaired) electrons. The summed E-state index contributed by atoms with van der Waals surface area (Å²) in [5, 5.41) is 6.20. The molecule has 5 nitrogen and oxygen atoms in total. The summed E-state index contributed by atoms with van der Waals surface area (Å²) < 4.78 is 0. The molecule has 2 N–H and O–H groups in total. The highest BCUT2D eigenvalue weighted by molar-refractivity contribution is 6.03. The molecule has 0 saturated carbocycles. The van der Waals surface area contributed by atoms with Crippen molar-refractivity contribution < 1.29 is 4.79 Å². The standard InChI is InChI=1S/C18H24N4O/c1-4-14-7-5-6-8-16(14)21-18(23)17-10-9-15(13-20-17)19-11-12-22(2)3/h5-10,13,19H,4,11-12H2,1-3H3,(H,21,23). The minimum atomic E-state index is -0.189. The number of nitrogens with one attached hydrogen (secondary N) is 2. The van der Waals surface area contributed by atoms with E-state index >= 15 is 0 Å². The fourth-order valence-electron chi connectivity index (χ4n) is 2.19. The normalized spacial score (nSPS) is 10.6. The van der Waals surface area contributed by atoms with Crippen LogP contribution in [0.2, 0.25) is 0 Å². The molecule has 0 spiro atoms. The number of aryl methyl sites for hydroxylation is 1. The molecule has 1 aromatic heterocycles. The first-order valence-electron chi connectivity index (χ1n) is 7.84. The molecule has 1 heterocycles. The molecular weight excluding hydrogens is 288 g/mol. The second-order valence-corrected chi connectivity index (χ2v) is 5.63. The lowest BCUT2D eigenvalue weighted by molar-refractivity contribution is 0.102. The molecule has 0 unspecified atom stereocenters. The number of carbonyl (C=O) groups excluding carboxylic acids is 1. The van der Waals surface area contributed by atoms with Gasteiger partial charge in [-0.05, 0) is 44.3 Å². The van der Waals surface area contributed by atoms with Gasteiger partial charge in [-0.2, -0.15) is 0 Å². The molecule has 0 fully saturated rings. The lowest BCUT2D eigenvalue weighted by atomic mass is 10.1. The van der Waals surface area contributed by atoms with Gasteiger partial charge in [-0.25, -0.2) is 4.98 Å². The van der Waals surface area contributed by atoms with Crippen molar-refractivity contribution in [2.24, 2.45) is 0 Å². The van der Waals surface area contributed by atoms with Crippen LogP contribution in [0.25, 0.3) is 0 Å². The third kappa shape index (κ3) is 5.07. The Bertz CT molecular complexity index is 638. The molecule has 23 heavy (non-hydrogen) atoms. The Labute approximate surface area is 137 Å². The summed E-state index contributed by atoms with van der Waals surface area (Å²) in [5.74, 6) is -0.189. The van der Waals surface area contributed by atoms with E-state index in [2.05, 4.69) is 27.4 Å². The molecule has 0 aliphatic heterocycles. The van der Waals surface area contributed by atoms with Crippen LogP contribution < -0.4 is 10.6 Å². The average molecular weight is 312 g/mol. The van der Waals surface area contributed by atoms with Crippen LogP contribution in [0.15, 0.2) is 42.6 Å². The van der Waals surface area contributed by atoms with E-state index in [0.29, 0.717) is 5.69 Å². The van der Waals surface area contributed by atoms with E-state index in [1.165, 1.54) is 0 Å². The molecule has 0 saturated heterocycles. The maximum atomic E-state index is 12.3. The zero-order chi connectivity index (χ0) is 16.7. The van der Waals surface area contributed by atoms with Gasteiger partial charge in [0.2, 0.25) is 0 Å². The number of anilines is 2. The van der Waals surface area contributed by atoms with Crippen molar-refractivity contribution in [1.29, 1.82) is 0 Å². The second kappa shape index (κ2) is 8.29. The number of aromatic nitrogens is 1. The van der Waals surface area contributed by atoms with Crippen LogP contribution in [0, 0.1) is 0 Å². The quantitative estimate of drug-likeness (QED) is 0.825. The summed E-state index contributed by atoms with van der Waals surface area (Å²) >= 11 is 0. The van der Waals surface area contributed by atoms with Crippen LogP contribution in [-0.4, -0.2) is 43.0 Å². The van der Waals surface area contributed by atoms with Gasteiger partial charge < -0.3 is 15.5 Å². The molecule has 122 valence electrons. The molecule has 0 aliphatic rings. The Morgan fingerprint density at radius 1 is 1.17 bits per heavy atom. The lowest BCUT2D eigenvalue weighted by Crippen LogP contribution is -2.21. The zero-order valence-electron chi connectivity index (χ0n) is 14.0. The largest absolute Gasteiger partial charge is 0.383 e. The van der Waals surface area contributed by atoms with Gasteiger partial charge in [0.15, 0.2) is 0 Å². The number of hydrogen-bond acceptors (Lipinski definition) is 4. The van der Waals surface area contributed by atoms with Gasteiger partial charge in [0.05, 0.1) is 11.9 Å². The van der Waals surface area contributed by atoms with E-state index in [-0.39, 0.29) is 5.91 Å². The topological polar surface area (TPSA) is 57.3 Å². The van der Waals surface area contributed by atoms with Gasteiger partial charge in [-0.1, -0.05) is 25.1 Å². The smallest absolute Gasteiger partial charge is 0.274 e. The predicted octanol–water partition coefficient (Wildman–Crippen LogP) is 2.87. The minimum Gasteiger partial charge on any atom is -0.383 e. The number of amides is 1. The van der Waals surface area contributed by atoms with Crippen molar-refractivity contribution in [3.05, 3.63) is 53.9 Å². The van der Waals surface area contributed by atoms with Crippen molar-refractivity contribution in [1.82, 2.24) is 9.88 Å². The average Bonchev–Trinajstić information content (AvgIpc) is 2.55. The van der Waals surface area contributed by atoms with Crippen LogP contribution in [0.1, 0.15) is 23.0 Å². The van der Waals surface area contributed by atoms with Crippen molar-refractivity contribution in [3.63, 3.8) is 0 Å². The Hall–Kier alpha value is -2.40. The fourth-order valence-corrected chi connectivity index (χ4v) is 2.19. The van der Waals surface area contributed by atoms with Gasteiger partial charge in [-0.3, -0.25) is 4.79 Å². The first-order chi connectivity index (χ1) is 11.1. The number of nitrogens with zero attached hydrogens (tertiary/aromatic N) is 2. The lowest BCUT2D eigenvalue weighted by Gasteiger charge is -2.12. The number of rotatable bonds is 7. The second-order valence-electron chi connectivity index (χ2n) is 5.63. The predicted molar refractivity (Wildman–Crippen MR) is 95.1 cm³/mol. The highest BCUT2D eigenvalue weighted by atomic mass is 16.1. The van der Waals surface area contributed by atoms with E-state index < -0.39 is 0 Å². The minimum absolute atomic E-state index is 0.189. The monoisotopic (exact) mass is 312 g/mol. The molecule has 0 bridgehead atoms. The highest BCUT2D eigenvalue weighted by Crippen LogP contribution is 2.16. The van der Waals surface area contributed by atoms with Gasteiger partial charge >= 0.3 is 0 Å². The molecule has 0 aliphatic carbocycles. The summed E-state index contributed by atoms with van der Waals surface area (Å²) in [6, 6.07) is 11.4. The molecule has 0 atom stereocenters. The zero-order valence-corrected chi connectivity index (χ0v) is 14.0. The van der Waals surface area contributed by atoms with Crippen LogP contribution in [0.5, 0.6) is 0 Å². The summed E-state index contributed by atoms with van der Waals surface area (Å²) in [5.41, 5.74) is 3.28. The number of benzene rings is 1. The summed E-state index contributed by atoms with van der Waals surface area (Å²) in [4.78, 5) is 18.6. The molecule has 2 rings (SSSR count). The molecule has 1 amide bonds. The number of likely N-dealkylation sites (N-methyl/N-ethyl adjacent to an activating group) is 1. The number of pyridine rings is 1. The number of para-hydroxylation sites is 1. The Kier molecular flexibility index (Phi) is 6.11. The van der Waals surface area contributed by atoms with E-state index in [4.69, 9.17) is 0 Å². The number of hydrogen-bond donors (Lipinski definition) is 2. The van der Waals surface area contributed by atoms with E-state index in [1.54, 1.807) is 12.3 Å². The van der Waals surface area contributed by atoms with E-state index in [1.807, 2.05) is 44.4 Å². The van der Waals surface area contributed by atoms with Gasteiger partial charge in [0, 0.05) is 18.8 Å². The third-order valence-corrected chi connectivity index (χ3v) is 3.53. The van der Waals surface area contributed by atoms with Crippen LogP contribution >= 0.6 is 0 Å². The summed E-state index contributed by atoms with van der Waals surface area (Å²) in [6.45, 7) is 3.84. The highest BCUT2D eigenvalue weighted by Gasteiger charge is 2.09. The van der Waals surface area contributed by atoms with E-state index in [9.17, 15) is 4.79 Å². The van der Waals surface area contributed by atoms with Gasteiger partial charge in [0.25, 0.3) is 5.91 Å². The third-order valence-electron chi connectivity index (χ3n) is 3.53. The van der Waals surface area contributed by atoms with E-state index in [0.717, 1.165) is 36.4 Å². The van der Waals surface area contributed by atoms with Crippen LogP contribution in [-0.2, 0) is 6.42 Å². The Morgan fingerprint density at radius 3 is 2.61 bits per heavy atom. The first-order valence-corrected chi connectivity index (χ1v) is 7.84. The van der Waals surface area contributed by atoms with Gasteiger partial charge in [0.1, 0.15) is 5.69 Å².